The van der Waals surface area contributed by atoms with Crippen LogP contribution in [-0.4, -0.2) is 34.8 Å². The molecule has 6 nitrogen and oxygen atoms in total. The third-order valence-corrected chi connectivity index (χ3v) is 28.3. The van der Waals surface area contributed by atoms with Crippen LogP contribution in [0.3, 0.4) is 0 Å². The van der Waals surface area contributed by atoms with Gasteiger partial charge in [0, 0.05) is 110 Å². The highest BCUT2D eigenvalue weighted by atomic mass is 15.1. The molecular weight excluding hydrogens is 1550 g/mol. The molecule has 3 aromatic heterocycles. The van der Waals surface area contributed by atoms with E-state index >= 15 is 0 Å². The Morgan fingerprint density at radius 1 is 0.172 bits per heavy atom. The smallest absolute Gasteiger partial charge is 0.0726 e. The maximum atomic E-state index is 2.45. The minimum absolute atomic E-state index is 0.00413. The molecule has 608 valence electrons. The van der Waals surface area contributed by atoms with Crippen LogP contribution in [-0.2, 0) is 16.2 Å². The van der Waals surface area contributed by atoms with E-state index in [0.717, 1.165) is 11.4 Å². The molecule has 0 fully saturated rings. The molecule has 19 aromatic carbocycles. The van der Waals surface area contributed by atoms with Gasteiger partial charge < -0.3 is 28.4 Å². The summed E-state index contributed by atoms with van der Waals surface area (Å²) >= 11 is 0. The number of benzene rings is 19. The average molecular weight is 1640 g/mol. The Hall–Kier alpha value is -16.0. The fourth-order valence-corrected chi connectivity index (χ4v) is 22.4. The van der Waals surface area contributed by atoms with E-state index in [0.29, 0.717) is 0 Å². The van der Waals surface area contributed by atoms with Gasteiger partial charge in [0.15, 0.2) is 0 Å². The van der Waals surface area contributed by atoms with Crippen LogP contribution in [0.25, 0.3) is 127 Å². The van der Waals surface area contributed by atoms with Gasteiger partial charge in [0.05, 0.1) is 43.9 Å². The zero-order valence-corrected chi connectivity index (χ0v) is 72.0. The van der Waals surface area contributed by atoms with Gasteiger partial charge in [-0.3, -0.25) is 0 Å². The van der Waals surface area contributed by atoms with Gasteiger partial charge >= 0.3 is 0 Å². The third kappa shape index (κ3) is 11.4. The van der Waals surface area contributed by atoms with Gasteiger partial charge in [-0.05, 0) is 246 Å². The normalized spacial score (nSPS) is 13.4. The number of rotatable bonds is 11. The maximum absolute atomic E-state index is 2.45. The van der Waals surface area contributed by atoms with E-state index in [2.05, 4.69) is 518 Å². The van der Waals surface area contributed by atoms with Gasteiger partial charge in [-0.25, -0.2) is 0 Å². The molecule has 3 heterocycles. The van der Waals surface area contributed by atoms with Crippen LogP contribution in [0.4, 0.5) is 34.1 Å². The summed E-state index contributed by atoms with van der Waals surface area (Å²) in [5.74, 6) is 0. The number of hydrogen-bond acceptors (Lipinski definition) is 3. The molecule has 0 atom stereocenters. The number of nitrogens with zero attached hydrogens (tertiary/aromatic N) is 6. The lowest BCUT2D eigenvalue weighted by atomic mass is 9.67. The molecule has 0 bridgehead atoms. The summed E-state index contributed by atoms with van der Waals surface area (Å²) < 4.78 is 7.11. The second kappa shape index (κ2) is 29.9. The van der Waals surface area contributed by atoms with E-state index in [1.807, 2.05) is 0 Å². The quantitative estimate of drug-likeness (QED) is 0.129. The molecule has 26 rings (SSSR count). The molecule has 1 spiro atoms. The van der Waals surface area contributed by atoms with Crippen molar-refractivity contribution in [3.05, 3.63) is 511 Å². The Kier molecular flexibility index (Phi) is 17.7. The van der Waals surface area contributed by atoms with Crippen LogP contribution >= 0.6 is 0 Å². The summed E-state index contributed by atoms with van der Waals surface area (Å²) in [7, 11) is 6.56. The van der Waals surface area contributed by atoms with E-state index in [1.165, 1.54) is 205 Å². The van der Waals surface area contributed by atoms with E-state index in [-0.39, 0.29) is 10.8 Å². The lowest BCUT2D eigenvalue weighted by Crippen LogP contribution is -2.28. The molecule has 6 heteroatoms. The van der Waals surface area contributed by atoms with Gasteiger partial charge in [0.1, 0.15) is 0 Å². The summed E-state index contributed by atoms with van der Waals surface area (Å²) in [5, 5.41) is 7.57. The fraction of sp³-hybridized carbons (Fsp3) is 0.0656. The Morgan fingerprint density at radius 3 is 0.742 bits per heavy atom. The van der Waals surface area contributed by atoms with Gasteiger partial charge in [0.25, 0.3) is 0 Å². The van der Waals surface area contributed by atoms with Crippen LogP contribution in [0.2, 0.25) is 0 Å². The number of fused-ring (bicyclic) bond motifs is 25. The predicted octanol–water partition coefficient (Wildman–Crippen LogP) is 30.7. The van der Waals surface area contributed by atoms with Crippen LogP contribution in [0.15, 0.2) is 455 Å². The van der Waals surface area contributed by atoms with Crippen LogP contribution in [0.1, 0.15) is 69.5 Å². The SMILES string of the molecule is CN(c1ccc2c(c1)C(C)(C)c1ccccc1-2)c1ccc2c(c1)c1ccccc1n2-c1ccccc1.CN(c1ccc2c(c1)C(c1ccccc1)(c1ccccc1)c1ccccc1-2)c1ccc2c(c1)c1ccccc1n2-c1ccccc1.CN(c1ccc2c(c1)C1(c3ccccc3-c3ccccc31)c1ccccc1-2)c1ccc2c(c1)c1ccccc1n2-c1ccccc1. The molecule has 4 aliphatic rings. The van der Waals surface area contributed by atoms with Crippen molar-refractivity contribution >= 4 is 99.5 Å². The standard InChI is InChI=1S/C44H30N2.C44H32N2.C34H28N2/c1-45(30-24-26-43-37(27-30)36-18-8-12-22-42(36)46(43)29-13-3-2-4-14-29)31-23-25-35-34-17-7-11-21-40(34)44(41(35)28-31)38-19-9-5-15-32(38)33-16-6-10-20-39(33)44;1-45(34-26-28-43-39(29-34)38-22-12-14-24-42(38)46(43)33-19-9-4-10-20-33)35-25-27-37-36-21-11-13-23-40(36)44(41(37)30-35,31-15-5-2-6-16-31)32-17-7-3-8-18-32;1-34(2)30-15-9-7-13-26(30)27-19-17-25(22-31(27)34)35(3)24-18-20-33-29(21-24)28-14-8-10-16-32(28)36(33)23-11-5-4-6-12-23/h2-28H,1H3;2-30H,1H3;4-22H,1-3H3. The van der Waals surface area contributed by atoms with Crippen molar-refractivity contribution in [1.29, 1.82) is 0 Å². The van der Waals surface area contributed by atoms with Gasteiger partial charge in [-0.15, -0.1) is 0 Å². The minimum atomic E-state index is -0.418. The third-order valence-electron chi connectivity index (χ3n) is 28.3. The molecule has 4 aliphatic carbocycles. The number of anilines is 6. The molecule has 22 aromatic rings. The largest absolute Gasteiger partial charge is 0.345 e. The summed E-state index contributed by atoms with van der Waals surface area (Å²) in [6, 6.07) is 167. The van der Waals surface area contributed by atoms with E-state index in [1.54, 1.807) is 0 Å². The molecule has 0 aliphatic heterocycles. The Morgan fingerprint density at radius 2 is 0.398 bits per heavy atom. The summed E-state index contributed by atoms with van der Waals surface area (Å²) in [6.45, 7) is 4.68. The molecule has 0 N–H and O–H groups in total. The highest BCUT2D eigenvalue weighted by Crippen LogP contribution is 2.64. The van der Waals surface area contributed by atoms with Crippen LogP contribution in [0, 0.1) is 0 Å². The van der Waals surface area contributed by atoms with E-state index in [4.69, 9.17) is 0 Å². The zero-order chi connectivity index (χ0) is 85.5. The molecular formula is C122H90N6. The molecule has 128 heavy (non-hydrogen) atoms. The fourth-order valence-electron chi connectivity index (χ4n) is 22.4. The first kappa shape index (κ1) is 75.7. The number of aromatic nitrogens is 3. The highest BCUT2D eigenvalue weighted by molar-refractivity contribution is 6.13. The number of para-hydroxylation sites is 6. The van der Waals surface area contributed by atoms with Crippen molar-refractivity contribution in [2.45, 2.75) is 30.1 Å². The second-order valence-electron chi connectivity index (χ2n) is 35.1. The Labute approximate surface area is 746 Å². The first-order valence-electron chi connectivity index (χ1n) is 44.5. The maximum Gasteiger partial charge on any atom is 0.0726 e. The lowest BCUT2D eigenvalue weighted by Gasteiger charge is -2.34. The average Bonchev–Trinajstić information content (AvgIpc) is 1.50. The summed E-state index contributed by atoms with van der Waals surface area (Å²) in [5.41, 5.74) is 41.3. The van der Waals surface area contributed by atoms with Crippen molar-refractivity contribution in [1.82, 2.24) is 13.7 Å². The topological polar surface area (TPSA) is 24.5 Å². The van der Waals surface area contributed by atoms with Crippen molar-refractivity contribution in [3.63, 3.8) is 0 Å². The van der Waals surface area contributed by atoms with Crippen molar-refractivity contribution in [2.24, 2.45) is 0 Å². The van der Waals surface area contributed by atoms with Gasteiger partial charge in [0.2, 0.25) is 0 Å². The molecule has 0 amide bonds. The van der Waals surface area contributed by atoms with Gasteiger partial charge in [-0.2, -0.15) is 0 Å². The minimum Gasteiger partial charge on any atom is -0.345 e. The van der Waals surface area contributed by atoms with E-state index < -0.39 is 5.41 Å². The second-order valence-corrected chi connectivity index (χ2v) is 35.1. The molecule has 0 unspecified atom stereocenters. The Bertz CT molecular complexity index is 7790. The molecule has 0 saturated carbocycles. The summed E-state index contributed by atoms with van der Waals surface area (Å²) in [4.78, 5) is 6.99. The van der Waals surface area contributed by atoms with Crippen molar-refractivity contribution in [2.75, 3.05) is 35.8 Å². The first-order valence-corrected chi connectivity index (χ1v) is 44.5. The van der Waals surface area contributed by atoms with E-state index in [9.17, 15) is 0 Å². The summed E-state index contributed by atoms with van der Waals surface area (Å²) in [6.07, 6.45) is 0. The van der Waals surface area contributed by atoms with Gasteiger partial charge in [-0.1, -0.05) is 323 Å². The molecule has 0 radical (unpaired) electrons. The molecule has 0 saturated heterocycles. The zero-order valence-electron chi connectivity index (χ0n) is 72.0. The lowest BCUT2D eigenvalue weighted by molar-refractivity contribution is 0.660. The predicted molar refractivity (Wildman–Crippen MR) is 537 cm³/mol. The van der Waals surface area contributed by atoms with Crippen LogP contribution < -0.4 is 14.7 Å². The Balaban J connectivity index is 0.000000108. The monoisotopic (exact) mass is 1640 g/mol. The first-order chi connectivity index (χ1) is 63.0. The van der Waals surface area contributed by atoms with Crippen molar-refractivity contribution < 1.29 is 0 Å². The van der Waals surface area contributed by atoms with Crippen molar-refractivity contribution in [3.8, 4) is 61.6 Å². The van der Waals surface area contributed by atoms with Crippen LogP contribution in [0.5, 0.6) is 0 Å². The highest BCUT2D eigenvalue weighted by Gasteiger charge is 2.52. The number of hydrogen-bond donors (Lipinski definition) is 0.